The Balaban J connectivity index is 2.16. The van der Waals surface area contributed by atoms with Crippen molar-refractivity contribution >= 4 is 21.8 Å². The number of carbonyl (C=O) groups excluding carboxylic acids is 1. The molecule has 0 aliphatic carbocycles. The predicted octanol–water partition coefficient (Wildman–Crippen LogP) is 3.71. The smallest absolute Gasteiger partial charge is 0.254 e. The zero-order valence-electron chi connectivity index (χ0n) is 10.3. The number of hydrogen-bond acceptors (Lipinski definition) is 1. The average molecular weight is 296 g/mol. The Labute approximate surface area is 111 Å². The molecule has 2 nitrogen and oxygen atoms in total. The fourth-order valence-corrected chi connectivity index (χ4v) is 2.64. The molecule has 0 unspecified atom stereocenters. The van der Waals surface area contributed by atoms with Gasteiger partial charge in [-0.3, -0.25) is 4.79 Å². The second kappa shape index (κ2) is 5.21. The van der Waals surface area contributed by atoms with Gasteiger partial charge in [0.1, 0.15) is 0 Å². The maximum absolute atomic E-state index is 12.4. The van der Waals surface area contributed by atoms with Crippen LogP contribution in [0.5, 0.6) is 0 Å². The van der Waals surface area contributed by atoms with Crippen LogP contribution in [0.25, 0.3) is 0 Å². The molecule has 2 rings (SSSR count). The van der Waals surface area contributed by atoms with E-state index < -0.39 is 0 Å². The molecule has 0 saturated carbocycles. The van der Waals surface area contributed by atoms with E-state index in [2.05, 4.69) is 29.8 Å². The molecule has 1 aliphatic heterocycles. The highest BCUT2D eigenvalue weighted by Crippen LogP contribution is 2.24. The Kier molecular flexibility index (Phi) is 3.87. The predicted molar refractivity (Wildman–Crippen MR) is 73.0 cm³/mol. The molecule has 0 aromatic heterocycles. The van der Waals surface area contributed by atoms with Gasteiger partial charge in [0.2, 0.25) is 0 Å². The molecule has 0 spiro atoms. The maximum Gasteiger partial charge on any atom is 0.254 e. The number of piperidine rings is 1. The molecular weight excluding hydrogens is 278 g/mol. The van der Waals surface area contributed by atoms with E-state index >= 15 is 0 Å². The number of amides is 1. The van der Waals surface area contributed by atoms with Gasteiger partial charge in [-0.2, -0.15) is 0 Å². The Morgan fingerprint density at radius 2 is 1.94 bits per heavy atom. The van der Waals surface area contributed by atoms with Gasteiger partial charge in [-0.25, -0.2) is 0 Å². The van der Waals surface area contributed by atoms with E-state index in [4.69, 9.17) is 0 Å². The summed E-state index contributed by atoms with van der Waals surface area (Å²) >= 11 is 3.39. The van der Waals surface area contributed by atoms with Crippen LogP contribution in [0.4, 0.5) is 0 Å². The molecule has 1 heterocycles. The number of benzene rings is 1. The van der Waals surface area contributed by atoms with Crippen molar-refractivity contribution in [3.63, 3.8) is 0 Å². The first-order valence-electron chi connectivity index (χ1n) is 6.16. The first kappa shape index (κ1) is 12.6. The van der Waals surface area contributed by atoms with Crippen LogP contribution >= 0.6 is 15.9 Å². The molecule has 1 aliphatic rings. The highest BCUT2D eigenvalue weighted by Gasteiger charge is 2.28. The molecule has 1 saturated heterocycles. The SMILES string of the molecule is C[C@H]1CCCN(C(=O)c2ccc(Br)cc2)[C@H]1C. The van der Waals surface area contributed by atoms with Crippen LogP contribution in [0.2, 0.25) is 0 Å². The Morgan fingerprint density at radius 1 is 1.29 bits per heavy atom. The summed E-state index contributed by atoms with van der Waals surface area (Å²) in [5.74, 6) is 0.764. The number of halogens is 1. The molecule has 2 atom stereocenters. The number of hydrogen-bond donors (Lipinski definition) is 0. The van der Waals surface area contributed by atoms with Crippen LogP contribution < -0.4 is 0 Å². The summed E-state index contributed by atoms with van der Waals surface area (Å²) in [5, 5.41) is 0. The molecular formula is C14H18BrNO. The van der Waals surface area contributed by atoms with E-state index in [1.807, 2.05) is 29.2 Å². The monoisotopic (exact) mass is 295 g/mol. The summed E-state index contributed by atoms with van der Waals surface area (Å²) in [6.45, 7) is 5.27. The topological polar surface area (TPSA) is 20.3 Å². The van der Waals surface area contributed by atoms with Gasteiger partial charge in [0.15, 0.2) is 0 Å². The number of likely N-dealkylation sites (tertiary alicyclic amines) is 1. The lowest BCUT2D eigenvalue weighted by atomic mass is 9.91. The van der Waals surface area contributed by atoms with Gasteiger partial charge in [-0.05, 0) is 49.9 Å². The standard InChI is InChI=1S/C14H18BrNO/c1-10-4-3-9-16(11(10)2)14(17)12-5-7-13(15)8-6-12/h5-8,10-11H,3-4,9H2,1-2H3/t10-,11-/m0/s1. The van der Waals surface area contributed by atoms with Gasteiger partial charge in [-0.15, -0.1) is 0 Å². The van der Waals surface area contributed by atoms with Crippen molar-refractivity contribution in [2.75, 3.05) is 6.54 Å². The highest BCUT2D eigenvalue weighted by molar-refractivity contribution is 9.10. The fraction of sp³-hybridized carbons (Fsp3) is 0.500. The zero-order valence-corrected chi connectivity index (χ0v) is 11.9. The number of nitrogens with zero attached hydrogens (tertiary/aromatic N) is 1. The molecule has 1 aromatic carbocycles. The second-order valence-electron chi connectivity index (χ2n) is 4.87. The van der Waals surface area contributed by atoms with Gasteiger partial charge < -0.3 is 4.90 Å². The molecule has 1 fully saturated rings. The van der Waals surface area contributed by atoms with Crippen LogP contribution in [0, 0.1) is 5.92 Å². The summed E-state index contributed by atoms with van der Waals surface area (Å²) in [5.41, 5.74) is 0.786. The van der Waals surface area contributed by atoms with Crippen molar-refractivity contribution in [1.82, 2.24) is 4.90 Å². The van der Waals surface area contributed by atoms with Crippen LogP contribution in [0.3, 0.4) is 0 Å². The quantitative estimate of drug-likeness (QED) is 0.773. The summed E-state index contributed by atoms with van der Waals surface area (Å²) in [6.07, 6.45) is 2.35. The molecule has 3 heteroatoms. The van der Waals surface area contributed by atoms with Crippen LogP contribution in [-0.2, 0) is 0 Å². The molecule has 1 aromatic rings. The normalized spacial score (nSPS) is 24.8. The Bertz CT molecular complexity index is 401. The summed E-state index contributed by atoms with van der Waals surface area (Å²) in [6, 6.07) is 7.97. The van der Waals surface area contributed by atoms with Crippen molar-refractivity contribution < 1.29 is 4.79 Å². The second-order valence-corrected chi connectivity index (χ2v) is 5.78. The van der Waals surface area contributed by atoms with E-state index in [0.717, 1.165) is 23.0 Å². The van der Waals surface area contributed by atoms with Crippen molar-refractivity contribution in [3.05, 3.63) is 34.3 Å². The summed E-state index contributed by atoms with van der Waals surface area (Å²) in [4.78, 5) is 14.4. The molecule has 92 valence electrons. The van der Waals surface area contributed by atoms with Gasteiger partial charge >= 0.3 is 0 Å². The third-order valence-corrected chi connectivity index (χ3v) is 4.25. The minimum Gasteiger partial charge on any atom is -0.336 e. The van der Waals surface area contributed by atoms with E-state index in [0.29, 0.717) is 12.0 Å². The lowest BCUT2D eigenvalue weighted by Gasteiger charge is -2.38. The van der Waals surface area contributed by atoms with Crippen LogP contribution in [-0.4, -0.2) is 23.4 Å². The van der Waals surface area contributed by atoms with E-state index in [1.165, 1.54) is 6.42 Å². The zero-order chi connectivity index (χ0) is 12.4. The van der Waals surface area contributed by atoms with Crippen LogP contribution in [0.1, 0.15) is 37.0 Å². The summed E-state index contributed by atoms with van der Waals surface area (Å²) < 4.78 is 1.01. The van der Waals surface area contributed by atoms with E-state index in [1.54, 1.807) is 0 Å². The van der Waals surface area contributed by atoms with Crippen molar-refractivity contribution in [2.24, 2.45) is 5.92 Å². The number of carbonyl (C=O) groups is 1. The first-order valence-corrected chi connectivity index (χ1v) is 6.95. The van der Waals surface area contributed by atoms with Gasteiger partial charge in [0.25, 0.3) is 5.91 Å². The average Bonchev–Trinajstić information content (AvgIpc) is 2.33. The van der Waals surface area contributed by atoms with Gasteiger partial charge in [0, 0.05) is 22.6 Å². The third kappa shape index (κ3) is 2.71. The minimum atomic E-state index is 0.163. The van der Waals surface area contributed by atoms with Crippen molar-refractivity contribution in [3.8, 4) is 0 Å². The Morgan fingerprint density at radius 3 is 2.59 bits per heavy atom. The van der Waals surface area contributed by atoms with Crippen LogP contribution in [0.15, 0.2) is 28.7 Å². The highest BCUT2D eigenvalue weighted by atomic mass is 79.9. The number of rotatable bonds is 1. The fourth-order valence-electron chi connectivity index (χ4n) is 2.38. The van der Waals surface area contributed by atoms with Crippen molar-refractivity contribution in [2.45, 2.75) is 32.7 Å². The largest absolute Gasteiger partial charge is 0.336 e. The molecule has 0 bridgehead atoms. The minimum absolute atomic E-state index is 0.163. The third-order valence-electron chi connectivity index (χ3n) is 3.73. The lowest BCUT2D eigenvalue weighted by Crippen LogP contribution is -2.46. The first-order chi connectivity index (χ1) is 8.09. The van der Waals surface area contributed by atoms with Crippen molar-refractivity contribution in [1.29, 1.82) is 0 Å². The molecule has 1 amide bonds. The van der Waals surface area contributed by atoms with E-state index in [-0.39, 0.29) is 5.91 Å². The van der Waals surface area contributed by atoms with E-state index in [9.17, 15) is 4.79 Å². The van der Waals surface area contributed by atoms with Gasteiger partial charge in [-0.1, -0.05) is 22.9 Å². The molecule has 0 radical (unpaired) electrons. The maximum atomic E-state index is 12.4. The molecule has 0 N–H and O–H groups in total. The Hall–Kier alpha value is -0.830. The summed E-state index contributed by atoms with van der Waals surface area (Å²) in [7, 11) is 0. The lowest BCUT2D eigenvalue weighted by molar-refractivity contribution is 0.0551. The van der Waals surface area contributed by atoms with Gasteiger partial charge in [0.05, 0.1) is 0 Å². The molecule has 17 heavy (non-hydrogen) atoms.